The number of anilines is 2. The van der Waals surface area contributed by atoms with Crippen molar-refractivity contribution in [2.75, 3.05) is 43.9 Å². The smallest absolute Gasteiger partial charge is 0.134 e. The highest BCUT2D eigenvalue weighted by Crippen LogP contribution is 2.26. The van der Waals surface area contributed by atoms with Crippen LogP contribution in [-0.2, 0) is 6.42 Å². The van der Waals surface area contributed by atoms with Crippen molar-refractivity contribution in [3.05, 3.63) is 11.9 Å². The number of likely N-dealkylation sites (N-methyl/N-ethyl adjacent to an activating group) is 1. The molecule has 1 aromatic heterocycles. The van der Waals surface area contributed by atoms with Crippen molar-refractivity contribution >= 4 is 11.6 Å². The molecule has 1 aliphatic heterocycles. The number of aliphatic hydroxyl groups excluding tert-OH is 1. The van der Waals surface area contributed by atoms with Gasteiger partial charge in [0.05, 0.1) is 6.10 Å². The van der Waals surface area contributed by atoms with Crippen LogP contribution in [0, 0.1) is 0 Å². The van der Waals surface area contributed by atoms with E-state index in [0.717, 1.165) is 43.4 Å². The highest BCUT2D eigenvalue weighted by molar-refractivity contribution is 5.51. The van der Waals surface area contributed by atoms with Crippen LogP contribution in [0.15, 0.2) is 6.07 Å². The van der Waals surface area contributed by atoms with Crippen molar-refractivity contribution in [2.24, 2.45) is 0 Å². The number of hydrogen-bond donors (Lipinski definition) is 2. The number of aromatic nitrogens is 2. The molecule has 2 rings (SSSR count). The number of aryl methyl sites for hydroxylation is 1. The lowest BCUT2D eigenvalue weighted by molar-refractivity contribution is 0.191. The molecule has 2 N–H and O–H groups in total. The number of nitrogens with zero attached hydrogens (tertiary/aromatic N) is 4. The molecule has 1 saturated heterocycles. The third kappa shape index (κ3) is 4.04. The molecule has 2 heterocycles. The zero-order valence-electron chi connectivity index (χ0n) is 13.5. The highest BCUT2D eigenvalue weighted by Gasteiger charge is 2.32. The Morgan fingerprint density at radius 3 is 2.76 bits per heavy atom. The molecular formula is C15H27N5O. The van der Waals surface area contributed by atoms with E-state index in [1.807, 2.05) is 6.07 Å². The summed E-state index contributed by atoms with van der Waals surface area (Å²) in [5.74, 6) is 2.62. The SMILES string of the molecule is CCNc1cc(N2CC(O)CC2CN(C)C)nc(CC)n1. The van der Waals surface area contributed by atoms with E-state index in [1.165, 1.54) is 0 Å². The Morgan fingerprint density at radius 1 is 1.38 bits per heavy atom. The van der Waals surface area contributed by atoms with Crippen molar-refractivity contribution in [3.63, 3.8) is 0 Å². The van der Waals surface area contributed by atoms with Crippen LogP contribution in [0.5, 0.6) is 0 Å². The standard InChI is InChI=1S/C15H27N5O/c1-5-13-17-14(16-6-2)8-15(18-13)20-10-12(21)7-11(20)9-19(3)4/h8,11-12,21H,5-7,9-10H2,1-4H3,(H,16,17,18). The van der Waals surface area contributed by atoms with Crippen LogP contribution in [-0.4, -0.2) is 65.8 Å². The third-order valence-electron chi connectivity index (χ3n) is 3.70. The van der Waals surface area contributed by atoms with Gasteiger partial charge in [-0.2, -0.15) is 0 Å². The molecular weight excluding hydrogens is 266 g/mol. The van der Waals surface area contributed by atoms with E-state index in [1.54, 1.807) is 0 Å². The van der Waals surface area contributed by atoms with Gasteiger partial charge in [-0.15, -0.1) is 0 Å². The fourth-order valence-corrected chi connectivity index (χ4v) is 2.83. The maximum Gasteiger partial charge on any atom is 0.134 e. The van der Waals surface area contributed by atoms with Gasteiger partial charge in [0.1, 0.15) is 17.5 Å². The van der Waals surface area contributed by atoms with Crippen molar-refractivity contribution < 1.29 is 5.11 Å². The summed E-state index contributed by atoms with van der Waals surface area (Å²) < 4.78 is 0. The number of β-amino-alcohol motifs (C(OH)–C–C–N with tert-alkyl or cyclic N) is 1. The maximum absolute atomic E-state index is 10.0. The molecule has 0 radical (unpaired) electrons. The highest BCUT2D eigenvalue weighted by atomic mass is 16.3. The molecule has 6 heteroatoms. The Morgan fingerprint density at radius 2 is 2.14 bits per heavy atom. The molecule has 0 amide bonds. The molecule has 0 aromatic carbocycles. The Hall–Kier alpha value is -1.40. The van der Waals surface area contributed by atoms with Crippen LogP contribution in [0.4, 0.5) is 11.6 Å². The second-order valence-electron chi connectivity index (χ2n) is 5.87. The van der Waals surface area contributed by atoms with E-state index < -0.39 is 0 Å². The first-order valence-electron chi connectivity index (χ1n) is 7.74. The molecule has 0 aliphatic carbocycles. The largest absolute Gasteiger partial charge is 0.391 e. The Bertz CT molecular complexity index is 465. The molecule has 0 saturated carbocycles. The van der Waals surface area contributed by atoms with Gasteiger partial charge in [0.25, 0.3) is 0 Å². The minimum Gasteiger partial charge on any atom is -0.391 e. The predicted molar refractivity (Wildman–Crippen MR) is 85.9 cm³/mol. The van der Waals surface area contributed by atoms with Gasteiger partial charge in [-0.25, -0.2) is 9.97 Å². The summed E-state index contributed by atoms with van der Waals surface area (Å²) in [6.07, 6.45) is 1.32. The van der Waals surface area contributed by atoms with E-state index in [0.29, 0.717) is 12.6 Å². The molecule has 118 valence electrons. The lowest BCUT2D eigenvalue weighted by Crippen LogP contribution is -2.38. The molecule has 2 atom stereocenters. The number of rotatable bonds is 6. The summed E-state index contributed by atoms with van der Waals surface area (Å²) >= 11 is 0. The number of hydrogen-bond acceptors (Lipinski definition) is 6. The van der Waals surface area contributed by atoms with Gasteiger partial charge in [0, 0.05) is 38.2 Å². The second-order valence-corrected chi connectivity index (χ2v) is 5.87. The Labute approximate surface area is 127 Å². The molecule has 2 unspecified atom stereocenters. The molecule has 0 spiro atoms. The van der Waals surface area contributed by atoms with E-state index in [9.17, 15) is 5.11 Å². The van der Waals surface area contributed by atoms with Gasteiger partial charge in [-0.3, -0.25) is 0 Å². The van der Waals surface area contributed by atoms with Crippen LogP contribution in [0.2, 0.25) is 0 Å². The van der Waals surface area contributed by atoms with Crippen molar-refractivity contribution in [3.8, 4) is 0 Å². The summed E-state index contributed by atoms with van der Waals surface area (Å²) in [5, 5.41) is 13.3. The summed E-state index contributed by atoms with van der Waals surface area (Å²) in [6.45, 7) is 6.51. The van der Waals surface area contributed by atoms with Crippen molar-refractivity contribution in [1.29, 1.82) is 0 Å². The van der Waals surface area contributed by atoms with E-state index in [2.05, 4.69) is 53.0 Å². The first-order valence-corrected chi connectivity index (χ1v) is 7.74. The summed E-state index contributed by atoms with van der Waals surface area (Å²) in [7, 11) is 4.12. The summed E-state index contributed by atoms with van der Waals surface area (Å²) in [5.41, 5.74) is 0. The molecule has 1 aromatic rings. The van der Waals surface area contributed by atoms with E-state index >= 15 is 0 Å². The molecule has 6 nitrogen and oxygen atoms in total. The van der Waals surface area contributed by atoms with Crippen LogP contribution in [0.3, 0.4) is 0 Å². The molecule has 1 aliphatic rings. The summed E-state index contributed by atoms with van der Waals surface area (Å²) in [4.78, 5) is 13.5. The van der Waals surface area contributed by atoms with Crippen LogP contribution in [0.25, 0.3) is 0 Å². The second kappa shape index (κ2) is 7.04. The van der Waals surface area contributed by atoms with Gasteiger partial charge < -0.3 is 20.2 Å². The molecule has 1 fully saturated rings. The van der Waals surface area contributed by atoms with Gasteiger partial charge in [0.2, 0.25) is 0 Å². The quantitative estimate of drug-likeness (QED) is 0.815. The Balaban J connectivity index is 2.27. The van der Waals surface area contributed by atoms with Gasteiger partial charge in [-0.05, 0) is 27.4 Å². The van der Waals surface area contributed by atoms with Crippen LogP contribution < -0.4 is 10.2 Å². The summed E-state index contributed by atoms with van der Waals surface area (Å²) in [6, 6.07) is 2.28. The zero-order chi connectivity index (χ0) is 15.4. The van der Waals surface area contributed by atoms with Crippen molar-refractivity contribution in [1.82, 2.24) is 14.9 Å². The fourth-order valence-electron chi connectivity index (χ4n) is 2.83. The minimum atomic E-state index is -0.280. The first kappa shape index (κ1) is 16.0. The van der Waals surface area contributed by atoms with E-state index in [-0.39, 0.29) is 6.10 Å². The minimum absolute atomic E-state index is 0.280. The zero-order valence-corrected chi connectivity index (χ0v) is 13.5. The average molecular weight is 293 g/mol. The monoisotopic (exact) mass is 293 g/mol. The third-order valence-corrected chi connectivity index (χ3v) is 3.70. The molecule has 21 heavy (non-hydrogen) atoms. The maximum atomic E-state index is 10.0. The predicted octanol–water partition coefficient (Wildman–Crippen LogP) is 0.972. The number of aliphatic hydroxyl groups is 1. The fraction of sp³-hybridized carbons (Fsp3) is 0.733. The van der Waals surface area contributed by atoms with Gasteiger partial charge in [-0.1, -0.05) is 6.92 Å². The van der Waals surface area contributed by atoms with Crippen LogP contribution >= 0.6 is 0 Å². The average Bonchev–Trinajstić information content (AvgIpc) is 2.78. The lowest BCUT2D eigenvalue weighted by Gasteiger charge is -2.28. The van der Waals surface area contributed by atoms with Gasteiger partial charge >= 0.3 is 0 Å². The number of nitrogens with one attached hydrogen (secondary N) is 1. The topological polar surface area (TPSA) is 64.5 Å². The van der Waals surface area contributed by atoms with Crippen molar-refractivity contribution in [2.45, 2.75) is 38.8 Å². The van der Waals surface area contributed by atoms with Crippen LogP contribution in [0.1, 0.15) is 26.1 Å². The first-order chi connectivity index (χ1) is 10.0. The van der Waals surface area contributed by atoms with E-state index in [4.69, 9.17) is 0 Å². The molecule has 0 bridgehead atoms. The lowest BCUT2D eigenvalue weighted by atomic mass is 10.2. The van der Waals surface area contributed by atoms with Gasteiger partial charge in [0.15, 0.2) is 0 Å². The normalized spacial score (nSPS) is 22.1. The Kier molecular flexibility index (Phi) is 5.36.